The van der Waals surface area contributed by atoms with E-state index in [1.807, 2.05) is 31.2 Å². The van der Waals surface area contributed by atoms with Crippen LogP contribution in [0.1, 0.15) is 40.7 Å². The van der Waals surface area contributed by atoms with Gasteiger partial charge in [0, 0.05) is 30.0 Å². The van der Waals surface area contributed by atoms with E-state index in [2.05, 4.69) is 15.9 Å². The molecule has 136 valence electrons. The van der Waals surface area contributed by atoms with E-state index < -0.39 is 5.82 Å². The highest BCUT2D eigenvalue weighted by Crippen LogP contribution is 2.39. The van der Waals surface area contributed by atoms with Gasteiger partial charge in [-0.15, -0.1) is 0 Å². The van der Waals surface area contributed by atoms with Crippen molar-refractivity contribution in [3.8, 4) is 5.75 Å². The molecule has 2 aromatic rings. The Morgan fingerprint density at radius 1 is 1.27 bits per heavy atom. The van der Waals surface area contributed by atoms with Crippen LogP contribution in [-0.2, 0) is 11.3 Å². The van der Waals surface area contributed by atoms with Crippen molar-refractivity contribution in [1.29, 1.82) is 0 Å². The molecule has 0 saturated carbocycles. The summed E-state index contributed by atoms with van der Waals surface area (Å²) in [6.07, 6.45) is 0.268. The van der Waals surface area contributed by atoms with Crippen LogP contribution in [0.4, 0.5) is 4.39 Å². The number of benzene rings is 2. The summed E-state index contributed by atoms with van der Waals surface area (Å²) in [5, 5.41) is 0. The molecule has 0 heterocycles. The monoisotopic (exact) mass is 419 g/mol. The van der Waals surface area contributed by atoms with Crippen LogP contribution in [-0.4, -0.2) is 30.2 Å². The average molecular weight is 420 g/mol. The van der Waals surface area contributed by atoms with E-state index in [4.69, 9.17) is 4.74 Å². The third kappa shape index (κ3) is 3.80. The number of likely N-dealkylation sites (N-methyl/N-ethyl adjacent to an activating group) is 1. The van der Waals surface area contributed by atoms with Gasteiger partial charge in [0.15, 0.2) is 12.4 Å². The molecule has 6 heteroatoms. The zero-order chi connectivity index (χ0) is 18.8. The number of carbonyl (C=O) groups excluding carboxylic acids is 2. The highest BCUT2D eigenvalue weighted by atomic mass is 79.9. The Kier molecular flexibility index (Phi) is 5.41. The van der Waals surface area contributed by atoms with Crippen molar-refractivity contribution >= 4 is 27.6 Å². The number of hydrogen-bond acceptors (Lipinski definition) is 3. The second-order valence-corrected chi connectivity index (χ2v) is 7.44. The Morgan fingerprint density at radius 2 is 1.96 bits per heavy atom. The fourth-order valence-corrected chi connectivity index (χ4v) is 3.41. The first-order valence-electron chi connectivity index (χ1n) is 8.33. The van der Waals surface area contributed by atoms with Gasteiger partial charge in [0.2, 0.25) is 0 Å². The first-order chi connectivity index (χ1) is 12.4. The highest BCUT2D eigenvalue weighted by molar-refractivity contribution is 9.10. The largest absolute Gasteiger partial charge is 0.483 e. The Hall–Kier alpha value is -2.21. The molecule has 0 saturated heterocycles. The minimum Gasteiger partial charge on any atom is -0.483 e. The van der Waals surface area contributed by atoms with Crippen LogP contribution < -0.4 is 4.74 Å². The lowest BCUT2D eigenvalue weighted by atomic mass is 10.0. The maximum Gasteiger partial charge on any atom is 0.260 e. The van der Waals surface area contributed by atoms with Crippen LogP contribution in [0, 0.1) is 5.82 Å². The van der Waals surface area contributed by atoms with Gasteiger partial charge in [-0.25, -0.2) is 4.39 Å². The average Bonchev–Trinajstić information content (AvgIpc) is 2.91. The molecule has 0 spiro atoms. The van der Waals surface area contributed by atoms with E-state index in [1.165, 1.54) is 12.1 Å². The highest BCUT2D eigenvalue weighted by Gasteiger charge is 2.32. The van der Waals surface area contributed by atoms with Crippen molar-refractivity contribution in [3.63, 3.8) is 0 Å². The van der Waals surface area contributed by atoms with Gasteiger partial charge >= 0.3 is 0 Å². The van der Waals surface area contributed by atoms with Crippen LogP contribution >= 0.6 is 15.9 Å². The Bertz CT molecular complexity index is 851. The summed E-state index contributed by atoms with van der Waals surface area (Å²) in [5.41, 5.74) is 1.67. The summed E-state index contributed by atoms with van der Waals surface area (Å²) >= 11 is 3.38. The number of hydrogen-bond donors (Lipinski definition) is 0. The Labute approximate surface area is 160 Å². The van der Waals surface area contributed by atoms with Crippen LogP contribution in [0.3, 0.4) is 0 Å². The maximum absolute atomic E-state index is 14.0. The van der Waals surface area contributed by atoms with E-state index in [-0.39, 0.29) is 41.9 Å². The Morgan fingerprint density at radius 3 is 2.65 bits per heavy atom. The van der Waals surface area contributed by atoms with Crippen molar-refractivity contribution in [2.45, 2.75) is 25.8 Å². The summed E-state index contributed by atoms with van der Waals surface area (Å²) in [4.78, 5) is 26.0. The topological polar surface area (TPSA) is 46.6 Å². The first kappa shape index (κ1) is 18.6. The molecular weight excluding hydrogens is 401 g/mol. The molecule has 1 amide bonds. The number of ether oxygens (including phenoxy) is 1. The number of nitrogens with zero attached hydrogens (tertiary/aromatic N) is 1. The number of carbonyl (C=O) groups is 2. The Balaban J connectivity index is 1.67. The number of ketones is 1. The first-order valence-corrected chi connectivity index (χ1v) is 9.13. The third-order valence-corrected chi connectivity index (χ3v) is 5.06. The molecular formula is C20H19BrFNO3. The van der Waals surface area contributed by atoms with Gasteiger partial charge < -0.3 is 9.64 Å². The molecule has 0 aliphatic heterocycles. The van der Waals surface area contributed by atoms with Crippen LogP contribution in [0.2, 0.25) is 0 Å². The van der Waals surface area contributed by atoms with Crippen molar-refractivity contribution in [2.24, 2.45) is 0 Å². The quantitative estimate of drug-likeness (QED) is 0.724. The van der Waals surface area contributed by atoms with Crippen molar-refractivity contribution in [2.75, 3.05) is 13.7 Å². The molecule has 1 aliphatic rings. The standard InChI is InChI=1S/C20H19BrFNO3/c1-12-9-16(24)20-17(8-7-15(22)19(12)20)26-11-18(25)23(2)10-13-3-5-14(21)6-4-13/h3-8,12H,9-11H2,1-2H3. The second kappa shape index (κ2) is 7.58. The molecule has 0 bridgehead atoms. The number of amides is 1. The third-order valence-electron chi connectivity index (χ3n) is 4.53. The number of rotatable bonds is 5. The van der Waals surface area contributed by atoms with Gasteiger partial charge in [-0.2, -0.15) is 0 Å². The molecule has 0 N–H and O–H groups in total. The summed E-state index contributed by atoms with van der Waals surface area (Å²) in [6.45, 7) is 2.06. The predicted molar refractivity (Wildman–Crippen MR) is 99.9 cm³/mol. The molecule has 2 aromatic carbocycles. The smallest absolute Gasteiger partial charge is 0.260 e. The minimum absolute atomic E-state index is 0.141. The van der Waals surface area contributed by atoms with Crippen molar-refractivity contribution in [3.05, 3.63) is 63.4 Å². The van der Waals surface area contributed by atoms with Gasteiger partial charge in [0.1, 0.15) is 11.6 Å². The lowest BCUT2D eigenvalue weighted by Gasteiger charge is -2.18. The summed E-state index contributed by atoms with van der Waals surface area (Å²) in [6, 6.07) is 10.4. The molecule has 26 heavy (non-hydrogen) atoms. The molecule has 1 atom stereocenters. The van der Waals surface area contributed by atoms with Gasteiger partial charge in [-0.1, -0.05) is 35.0 Å². The number of fused-ring (bicyclic) bond motifs is 1. The lowest BCUT2D eigenvalue weighted by Crippen LogP contribution is -2.31. The van der Waals surface area contributed by atoms with Gasteiger partial charge in [-0.05, 0) is 35.7 Å². The predicted octanol–water partition coefficient (Wildman–Crippen LogP) is 4.32. The van der Waals surface area contributed by atoms with E-state index in [0.29, 0.717) is 12.1 Å². The fraction of sp³-hybridized carbons (Fsp3) is 0.300. The minimum atomic E-state index is -0.399. The van der Waals surface area contributed by atoms with Crippen molar-refractivity contribution in [1.82, 2.24) is 4.90 Å². The molecule has 0 fully saturated rings. The van der Waals surface area contributed by atoms with E-state index in [1.54, 1.807) is 11.9 Å². The zero-order valence-corrected chi connectivity index (χ0v) is 16.2. The van der Waals surface area contributed by atoms with Gasteiger partial charge in [-0.3, -0.25) is 9.59 Å². The molecule has 0 aromatic heterocycles. The zero-order valence-electron chi connectivity index (χ0n) is 14.6. The molecule has 3 rings (SSSR count). The fourth-order valence-electron chi connectivity index (χ4n) is 3.15. The number of halogens is 2. The van der Waals surface area contributed by atoms with E-state index in [0.717, 1.165) is 10.0 Å². The molecule has 1 aliphatic carbocycles. The van der Waals surface area contributed by atoms with Gasteiger partial charge in [0.05, 0.1) is 5.56 Å². The maximum atomic E-state index is 14.0. The van der Waals surface area contributed by atoms with Crippen LogP contribution in [0.5, 0.6) is 5.75 Å². The summed E-state index contributed by atoms with van der Waals surface area (Å²) < 4.78 is 20.6. The van der Waals surface area contributed by atoms with E-state index >= 15 is 0 Å². The molecule has 0 radical (unpaired) electrons. The lowest BCUT2D eigenvalue weighted by molar-refractivity contribution is -0.132. The molecule has 1 unspecified atom stereocenters. The molecule has 4 nitrogen and oxygen atoms in total. The second-order valence-electron chi connectivity index (χ2n) is 6.53. The van der Waals surface area contributed by atoms with Gasteiger partial charge in [0.25, 0.3) is 5.91 Å². The number of Topliss-reactive ketones (excluding diaryl/α,β-unsaturated/α-hetero) is 1. The SMILES string of the molecule is CC1CC(=O)c2c(OCC(=O)N(C)Cc3ccc(Br)cc3)ccc(F)c21. The van der Waals surface area contributed by atoms with Crippen LogP contribution in [0.25, 0.3) is 0 Å². The van der Waals surface area contributed by atoms with E-state index in [9.17, 15) is 14.0 Å². The van der Waals surface area contributed by atoms with Crippen molar-refractivity contribution < 1.29 is 18.7 Å². The summed E-state index contributed by atoms with van der Waals surface area (Å²) in [7, 11) is 1.69. The van der Waals surface area contributed by atoms with Crippen LogP contribution in [0.15, 0.2) is 40.9 Å². The normalized spacial score (nSPS) is 15.7. The summed E-state index contributed by atoms with van der Waals surface area (Å²) in [5.74, 6) is -0.649.